The molecule has 0 saturated carbocycles. The Morgan fingerprint density at radius 2 is 1.86 bits per heavy atom. The number of nitrogens with zero attached hydrogens (tertiary/aromatic N) is 1. The average molecular weight is 95.0 g/mol. The van der Waals surface area contributed by atoms with Crippen LogP contribution >= 0.6 is 0 Å². The standard InChI is InChI=1S/C3H6NO2.Li/c1-3(2)4(5)6;/h1-2H3;. The molecule has 0 spiro atoms. The van der Waals surface area contributed by atoms with E-state index in [-0.39, 0.29) is 4.92 Å². The molecule has 0 fully saturated rings. The molecule has 4 heteroatoms. The summed E-state index contributed by atoms with van der Waals surface area (Å²) in [7, 11) is 0. The molecule has 0 aromatic heterocycles. The van der Waals surface area contributed by atoms with E-state index in [9.17, 15) is 10.1 Å². The fourth-order valence-electron chi connectivity index (χ4n) is 0. The van der Waals surface area contributed by atoms with Gasteiger partial charge in [-0.15, -0.1) is 0 Å². The summed E-state index contributed by atoms with van der Waals surface area (Å²) in [4.78, 5) is 9.51. The molecule has 0 aromatic rings. The molecule has 0 saturated heterocycles. The van der Waals surface area contributed by atoms with Crippen molar-refractivity contribution in [2.24, 2.45) is 0 Å². The zero-order chi connectivity index (χ0) is 6.08. The maximum atomic E-state index is 9.83. The predicted octanol–water partition coefficient (Wildman–Crippen LogP) is 0.168. The van der Waals surface area contributed by atoms with Crippen LogP contribution in [0.5, 0.6) is 0 Å². The molecule has 0 bridgehead atoms. The van der Waals surface area contributed by atoms with Crippen LogP contribution < -0.4 is 0 Å². The summed E-state index contributed by atoms with van der Waals surface area (Å²) < 4.78 is -0.778. The van der Waals surface area contributed by atoms with Crippen LogP contribution in [0.2, 0.25) is 0 Å². The molecule has 7 heavy (non-hydrogen) atoms. The first-order valence-electron chi connectivity index (χ1n) is 2.09. The molecule has 0 unspecified atom stereocenters. The molecule has 0 amide bonds. The Morgan fingerprint density at radius 1 is 1.71 bits per heavy atom. The van der Waals surface area contributed by atoms with Gasteiger partial charge in [-0.1, -0.05) is 0 Å². The number of rotatable bonds is 1. The summed E-state index contributed by atoms with van der Waals surface area (Å²) in [6, 6.07) is 0. The van der Waals surface area contributed by atoms with Gasteiger partial charge in [-0.25, -0.2) is 0 Å². The van der Waals surface area contributed by atoms with Crippen molar-refractivity contribution < 1.29 is 4.92 Å². The van der Waals surface area contributed by atoms with Crippen molar-refractivity contribution >= 4 is 17.7 Å². The molecule has 36 valence electrons. The van der Waals surface area contributed by atoms with Gasteiger partial charge in [0.05, 0.1) is 0 Å². The van der Waals surface area contributed by atoms with E-state index in [1.165, 1.54) is 0 Å². The SMILES string of the molecule is [Li][C](C)(C)[N+](=O)[O-]. The van der Waals surface area contributed by atoms with E-state index >= 15 is 0 Å². The van der Waals surface area contributed by atoms with Gasteiger partial charge in [-0.05, 0) is 0 Å². The van der Waals surface area contributed by atoms with Crippen LogP contribution in [0.3, 0.4) is 0 Å². The van der Waals surface area contributed by atoms with Crippen LogP contribution in [0.1, 0.15) is 13.8 Å². The second kappa shape index (κ2) is 1.85. The summed E-state index contributed by atoms with van der Waals surface area (Å²) in [5.41, 5.74) is 0. The molecule has 0 heterocycles. The van der Waals surface area contributed by atoms with Gasteiger partial charge < -0.3 is 0 Å². The van der Waals surface area contributed by atoms with Crippen molar-refractivity contribution in [3.8, 4) is 0 Å². The third-order valence-electron chi connectivity index (χ3n) is 0.548. The van der Waals surface area contributed by atoms with Crippen molar-refractivity contribution in [1.29, 1.82) is 0 Å². The van der Waals surface area contributed by atoms with Crippen molar-refractivity contribution in [2.75, 3.05) is 0 Å². The molecule has 0 atom stereocenters. The van der Waals surface area contributed by atoms with E-state index in [4.69, 9.17) is 0 Å². The Bertz CT molecular complexity index is 85.4. The molecular formula is C3H6LiNO2. The van der Waals surface area contributed by atoms with Crippen molar-refractivity contribution in [3.05, 3.63) is 10.1 Å². The zero-order valence-electron chi connectivity index (χ0n) is 4.76. The van der Waals surface area contributed by atoms with E-state index in [0.29, 0.717) is 0 Å². The quantitative estimate of drug-likeness (QED) is 0.264. The molecule has 0 aromatic carbocycles. The Balaban J connectivity index is 3.79. The van der Waals surface area contributed by atoms with Crippen LogP contribution in [0, 0.1) is 10.1 Å². The van der Waals surface area contributed by atoms with Gasteiger partial charge >= 0.3 is 50.8 Å². The second-order valence-corrected chi connectivity index (χ2v) is 2.43. The fraction of sp³-hybridized carbons (Fsp3) is 1.00. The van der Waals surface area contributed by atoms with E-state index in [1.54, 1.807) is 31.6 Å². The second-order valence-electron chi connectivity index (χ2n) is 2.43. The summed E-state index contributed by atoms with van der Waals surface area (Å²) in [6.45, 7) is 3.12. The van der Waals surface area contributed by atoms with Crippen LogP contribution in [0.25, 0.3) is 0 Å². The zero-order valence-corrected chi connectivity index (χ0v) is 4.76. The molecule has 0 aliphatic heterocycles. The van der Waals surface area contributed by atoms with Crippen LogP contribution in [0.15, 0.2) is 0 Å². The molecule has 3 nitrogen and oxygen atoms in total. The van der Waals surface area contributed by atoms with Gasteiger partial charge in [0.15, 0.2) is 0 Å². The number of nitro groups is 1. The van der Waals surface area contributed by atoms with Crippen LogP contribution in [0.4, 0.5) is 0 Å². The Kier molecular flexibility index (Phi) is 1.85. The summed E-state index contributed by atoms with van der Waals surface area (Å²) in [5, 5.41) is 9.83. The van der Waals surface area contributed by atoms with Gasteiger partial charge in [0.25, 0.3) is 0 Å². The van der Waals surface area contributed by atoms with Crippen molar-refractivity contribution in [2.45, 2.75) is 18.1 Å². The van der Waals surface area contributed by atoms with Gasteiger partial charge in [0.2, 0.25) is 0 Å². The summed E-state index contributed by atoms with van der Waals surface area (Å²) >= 11 is 1.56. The third-order valence-corrected chi connectivity index (χ3v) is 0.548. The Labute approximate surface area is 51.4 Å². The normalized spacial score (nSPS) is 11.4. The van der Waals surface area contributed by atoms with E-state index < -0.39 is 4.21 Å². The molecule has 0 rings (SSSR count). The average Bonchev–Trinajstić information content (AvgIpc) is 1.31. The molecule has 0 N–H and O–H groups in total. The minimum atomic E-state index is -0.778. The Morgan fingerprint density at radius 3 is 1.86 bits per heavy atom. The summed E-state index contributed by atoms with van der Waals surface area (Å²) in [5.74, 6) is 0. The predicted molar refractivity (Wildman–Crippen MR) is 26.8 cm³/mol. The van der Waals surface area contributed by atoms with Gasteiger partial charge in [-0.2, -0.15) is 0 Å². The number of hydrogen-bond donors (Lipinski definition) is 0. The summed E-state index contributed by atoms with van der Waals surface area (Å²) in [6.07, 6.45) is 0. The van der Waals surface area contributed by atoms with Gasteiger partial charge in [-0.3, -0.25) is 0 Å². The Hall–Kier alpha value is -0.00260. The topological polar surface area (TPSA) is 43.1 Å². The molecule has 0 aliphatic carbocycles. The van der Waals surface area contributed by atoms with Crippen LogP contribution in [-0.2, 0) is 0 Å². The molecule has 0 radical (unpaired) electrons. The van der Waals surface area contributed by atoms with Gasteiger partial charge in [0, 0.05) is 0 Å². The fourth-order valence-corrected chi connectivity index (χ4v) is 0. The maximum absolute atomic E-state index is 9.83. The van der Waals surface area contributed by atoms with E-state index in [2.05, 4.69) is 0 Å². The first-order chi connectivity index (χ1) is 2.94. The molecular weight excluding hydrogens is 89.0 g/mol. The van der Waals surface area contributed by atoms with Gasteiger partial charge in [0.1, 0.15) is 0 Å². The van der Waals surface area contributed by atoms with E-state index in [0.717, 1.165) is 0 Å². The monoisotopic (exact) mass is 95.1 g/mol. The van der Waals surface area contributed by atoms with Crippen molar-refractivity contribution in [1.82, 2.24) is 0 Å². The third kappa shape index (κ3) is 2.66. The molecule has 0 aliphatic rings. The van der Waals surface area contributed by atoms with Crippen molar-refractivity contribution in [3.63, 3.8) is 0 Å². The number of hydrogen-bond acceptors (Lipinski definition) is 2. The first-order valence-corrected chi connectivity index (χ1v) is 2.09. The first kappa shape index (κ1) is 7.00. The minimum absolute atomic E-state index is 0.312. The van der Waals surface area contributed by atoms with Crippen LogP contribution in [-0.4, -0.2) is 26.9 Å². The van der Waals surface area contributed by atoms with E-state index in [1.807, 2.05) is 0 Å².